The van der Waals surface area contributed by atoms with Gasteiger partial charge in [0.1, 0.15) is 31.3 Å². The summed E-state index contributed by atoms with van der Waals surface area (Å²) in [5.74, 6) is -3.04. The number of anilines is 2. The molecule has 2 aromatic carbocycles. The highest BCUT2D eigenvalue weighted by atomic mass is 32.1. The van der Waals surface area contributed by atoms with Crippen molar-refractivity contribution in [1.29, 1.82) is 0 Å². The molecule has 0 unspecified atom stereocenters. The molecule has 0 radical (unpaired) electrons. The lowest BCUT2D eigenvalue weighted by Crippen LogP contribution is -2.55. The van der Waals surface area contributed by atoms with Gasteiger partial charge in [-0.2, -0.15) is 0 Å². The fourth-order valence-corrected chi connectivity index (χ4v) is 4.92. The molecule has 0 saturated carbocycles. The first-order valence-electron chi connectivity index (χ1n) is 11.9. The van der Waals surface area contributed by atoms with E-state index in [0.29, 0.717) is 11.8 Å². The number of thiazole rings is 1. The zero-order chi connectivity index (χ0) is 28.1. The molecule has 1 aliphatic rings. The number of carbonyl (C=O) groups excluding carboxylic acids is 6. The molecule has 0 saturated heterocycles. The van der Waals surface area contributed by atoms with Gasteiger partial charge in [-0.15, -0.1) is 11.3 Å². The smallest absolute Gasteiger partial charge is 0.252 e. The number of aldehydes is 1. The minimum absolute atomic E-state index is 0.189. The average molecular weight is 552 g/mol. The number of nitrogens with zero attached hydrogens (tertiary/aromatic N) is 3. The van der Waals surface area contributed by atoms with Gasteiger partial charge in [0.25, 0.3) is 17.7 Å². The Morgan fingerprint density at radius 1 is 1.18 bits per heavy atom. The molecule has 13 heteroatoms. The van der Waals surface area contributed by atoms with Crippen LogP contribution in [-0.4, -0.2) is 77.6 Å². The predicted octanol–water partition coefficient (Wildman–Crippen LogP) is 0.430. The van der Waals surface area contributed by atoms with Crippen LogP contribution in [0.4, 0.5) is 11.4 Å². The maximum absolute atomic E-state index is 13.8. The number of para-hydroxylation sites is 2. The van der Waals surface area contributed by atoms with Gasteiger partial charge in [-0.3, -0.25) is 28.9 Å². The number of aliphatic hydroxyl groups is 1. The van der Waals surface area contributed by atoms with Crippen molar-refractivity contribution >= 4 is 68.6 Å². The van der Waals surface area contributed by atoms with E-state index < -0.39 is 48.9 Å². The summed E-state index contributed by atoms with van der Waals surface area (Å²) in [6, 6.07) is 8.82. The van der Waals surface area contributed by atoms with Gasteiger partial charge in [0.05, 0.1) is 39.7 Å². The van der Waals surface area contributed by atoms with E-state index in [-0.39, 0.29) is 35.7 Å². The van der Waals surface area contributed by atoms with Gasteiger partial charge in [-0.1, -0.05) is 12.1 Å². The van der Waals surface area contributed by atoms with Gasteiger partial charge in [0, 0.05) is 12.0 Å². The lowest BCUT2D eigenvalue weighted by molar-refractivity contribution is -0.127. The number of aliphatic hydroxyl groups excluding tert-OH is 1. The molecular weight excluding hydrogens is 526 g/mol. The number of nitrogens with one attached hydrogen (secondary N) is 2. The summed E-state index contributed by atoms with van der Waals surface area (Å²) in [7, 11) is 0. The molecule has 3 aromatic rings. The second kappa shape index (κ2) is 11.9. The topological polar surface area (TPSA) is 166 Å². The van der Waals surface area contributed by atoms with Crippen LogP contribution in [-0.2, 0) is 24.0 Å². The van der Waals surface area contributed by atoms with Crippen molar-refractivity contribution in [2.75, 3.05) is 29.5 Å². The van der Waals surface area contributed by atoms with E-state index >= 15 is 0 Å². The molecule has 12 nitrogen and oxygen atoms in total. The molecule has 4 amide bonds. The van der Waals surface area contributed by atoms with Gasteiger partial charge in [-0.05, 0) is 37.3 Å². The molecule has 3 N–H and O–H groups in total. The van der Waals surface area contributed by atoms with Crippen LogP contribution in [0.15, 0.2) is 48.0 Å². The molecule has 1 aliphatic heterocycles. The predicted molar refractivity (Wildman–Crippen MR) is 142 cm³/mol. The van der Waals surface area contributed by atoms with Gasteiger partial charge >= 0.3 is 0 Å². The van der Waals surface area contributed by atoms with E-state index in [1.807, 2.05) is 0 Å². The molecule has 1 aromatic heterocycles. The Morgan fingerprint density at radius 2 is 1.92 bits per heavy atom. The number of hydrogen-bond acceptors (Lipinski definition) is 9. The number of ketones is 1. The Balaban J connectivity index is 1.66. The maximum Gasteiger partial charge on any atom is 0.252 e. The molecule has 0 bridgehead atoms. The summed E-state index contributed by atoms with van der Waals surface area (Å²) in [6.45, 7) is -0.435. The van der Waals surface area contributed by atoms with Crippen molar-refractivity contribution in [2.45, 2.75) is 25.4 Å². The third-order valence-electron chi connectivity index (χ3n) is 6.05. The lowest BCUT2D eigenvalue weighted by atomic mass is 10.1. The molecule has 0 spiro atoms. The number of rotatable bonds is 9. The Hall–Kier alpha value is -4.49. The molecule has 0 fully saturated rings. The van der Waals surface area contributed by atoms with Crippen LogP contribution in [0.3, 0.4) is 0 Å². The molecular formula is C26H25N5O7S. The summed E-state index contributed by atoms with van der Waals surface area (Å²) in [4.78, 5) is 81.7. The number of Topliss-reactive ketones (excluding diaryl/α,β-unsaturated/α-hetero) is 1. The normalized spacial score (nSPS) is 15.7. The summed E-state index contributed by atoms with van der Waals surface area (Å²) in [5.41, 5.74) is 2.93. The Bertz CT molecular complexity index is 1460. The Morgan fingerprint density at radius 3 is 2.62 bits per heavy atom. The lowest BCUT2D eigenvalue weighted by Gasteiger charge is -2.25. The molecule has 4 rings (SSSR count). The van der Waals surface area contributed by atoms with E-state index in [1.165, 1.54) is 29.2 Å². The van der Waals surface area contributed by atoms with E-state index in [2.05, 4.69) is 15.6 Å². The fourth-order valence-electron chi connectivity index (χ4n) is 4.26. The molecule has 2 heterocycles. The van der Waals surface area contributed by atoms with Crippen molar-refractivity contribution in [3.05, 3.63) is 53.5 Å². The van der Waals surface area contributed by atoms with Crippen molar-refractivity contribution < 1.29 is 33.9 Å². The zero-order valence-electron chi connectivity index (χ0n) is 20.8. The number of amides is 4. The summed E-state index contributed by atoms with van der Waals surface area (Å²) >= 11 is 1.41. The standard InChI is InChI=1S/C26H25N5O7S/c1-15(34)8-17(12-32)28-23(35)11-31-21-5-3-2-4-20(21)30(24(36)13-33)10-19(26(31)38)29-25(37)16-6-7-22-18(9-16)27-14-39-22/h2-7,9,12,14,17,19,33H,8,10-11,13H2,1H3,(H,28,35)(H,29,37)/t17-,19-/m0/s1. The maximum atomic E-state index is 13.8. The minimum Gasteiger partial charge on any atom is -0.387 e. The van der Waals surface area contributed by atoms with Crippen LogP contribution < -0.4 is 20.4 Å². The van der Waals surface area contributed by atoms with Gasteiger partial charge in [0.15, 0.2) is 0 Å². The van der Waals surface area contributed by atoms with Crippen molar-refractivity contribution in [3.8, 4) is 0 Å². The van der Waals surface area contributed by atoms with Crippen molar-refractivity contribution in [1.82, 2.24) is 15.6 Å². The van der Waals surface area contributed by atoms with E-state index in [9.17, 15) is 33.9 Å². The van der Waals surface area contributed by atoms with Gasteiger partial charge in [0.2, 0.25) is 5.91 Å². The highest BCUT2D eigenvalue weighted by Crippen LogP contribution is 2.33. The third-order valence-corrected chi connectivity index (χ3v) is 6.86. The SMILES string of the molecule is CC(=O)C[C@@H](C=O)NC(=O)CN1C(=O)[C@@H](NC(=O)c2ccc3scnc3c2)CN(C(=O)CO)c2ccccc21. The Labute approximate surface area is 226 Å². The monoisotopic (exact) mass is 551 g/mol. The highest BCUT2D eigenvalue weighted by molar-refractivity contribution is 7.16. The molecule has 2 atom stereocenters. The van der Waals surface area contributed by atoms with Crippen LogP contribution in [0.2, 0.25) is 0 Å². The number of carbonyl (C=O) groups is 6. The van der Waals surface area contributed by atoms with Crippen LogP contribution in [0.5, 0.6) is 0 Å². The average Bonchev–Trinajstić information content (AvgIpc) is 3.36. The first kappa shape index (κ1) is 27.5. The van der Waals surface area contributed by atoms with Crippen LogP contribution in [0.25, 0.3) is 10.2 Å². The summed E-state index contributed by atoms with van der Waals surface area (Å²) in [5, 5.41) is 14.7. The van der Waals surface area contributed by atoms with Gasteiger partial charge in [-0.25, -0.2) is 4.98 Å². The quantitative estimate of drug-likeness (QED) is 0.322. The van der Waals surface area contributed by atoms with E-state index in [4.69, 9.17) is 0 Å². The third kappa shape index (κ3) is 6.16. The second-order valence-corrected chi connectivity index (χ2v) is 9.74. The second-order valence-electron chi connectivity index (χ2n) is 8.85. The number of fused-ring (bicyclic) bond motifs is 2. The van der Waals surface area contributed by atoms with E-state index in [0.717, 1.165) is 9.60 Å². The minimum atomic E-state index is -1.29. The summed E-state index contributed by atoms with van der Waals surface area (Å²) in [6.07, 6.45) is 0.224. The first-order chi connectivity index (χ1) is 18.7. The first-order valence-corrected chi connectivity index (χ1v) is 12.8. The zero-order valence-corrected chi connectivity index (χ0v) is 21.6. The van der Waals surface area contributed by atoms with Crippen molar-refractivity contribution in [2.24, 2.45) is 0 Å². The largest absolute Gasteiger partial charge is 0.387 e. The van der Waals surface area contributed by atoms with E-state index in [1.54, 1.807) is 41.9 Å². The van der Waals surface area contributed by atoms with Crippen LogP contribution >= 0.6 is 11.3 Å². The molecule has 39 heavy (non-hydrogen) atoms. The fraction of sp³-hybridized carbons (Fsp3) is 0.269. The van der Waals surface area contributed by atoms with Crippen LogP contribution in [0.1, 0.15) is 23.7 Å². The number of benzene rings is 2. The van der Waals surface area contributed by atoms with Gasteiger partial charge < -0.3 is 25.4 Å². The summed E-state index contributed by atoms with van der Waals surface area (Å²) < 4.78 is 0.878. The highest BCUT2D eigenvalue weighted by Gasteiger charge is 2.37. The van der Waals surface area contributed by atoms with Crippen LogP contribution in [0, 0.1) is 0 Å². The van der Waals surface area contributed by atoms with Crippen molar-refractivity contribution in [3.63, 3.8) is 0 Å². The number of hydrogen-bond donors (Lipinski definition) is 3. The molecule has 0 aliphatic carbocycles. The number of aromatic nitrogens is 1. The Kier molecular flexibility index (Phi) is 8.42. The molecule has 202 valence electrons.